The molecule has 0 radical (unpaired) electrons. The fraction of sp³-hybridized carbons (Fsp3) is 0.0196. The van der Waals surface area contributed by atoms with Gasteiger partial charge in [0.1, 0.15) is 11.5 Å². The summed E-state index contributed by atoms with van der Waals surface area (Å²) >= 11 is 1.83. The third kappa shape index (κ3) is 5.14. The molecule has 1 aliphatic rings. The number of benzene rings is 8. The van der Waals surface area contributed by atoms with E-state index in [0.717, 1.165) is 28.2 Å². The van der Waals surface area contributed by atoms with Crippen LogP contribution >= 0.6 is 11.3 Å². The van der Waals surface area contributed by atoms with Crippen molar-refractivity contribution in [2.24, 2.45) is 0 Å². The zero-order chi connectivity index (χ0) is 35.2. The molecule has 0 saturated heterocycles. The van der Waals surface area contributed by atoms with Crippen molar-refractivity contribution in [3.05, 3.63) is 229 Å². The molecule has 0 unspecified atom stereocenters. The Labute approximate surface area is 314 Å². The first-order valence-corrected chi connectivity index (χ1v) is 18.9. The number of para-hydroxylation sites is 1. The number of thiophene rings is 1. The first-order chi connectivity index (χ1) is 26.3. The highest BCUT2D eigenvalue weighted by molar-refractivity contribution is 7.18. The van der Waals surface area contributed by atoms with Crippen LogP contribution in [0.3, 0.4) is 0 Å². The molecule has 2 heteroatoms. The first-order valence-electron chi connectivity index (χ1n) is 18.1. The van der Waals surface area contributed by atoms with Gasteiger partial charge < -0.3 is 4.74 Å². The summed E-state index contributed by atoms with van der Waals surface area (Å²) in [7, 11) is 0. The van der Waals surface area contributed by atoms with E-state index < -0.39 is 5.41 Å². The number of hydrogen-bond donors (Lipinski definition) is 0. The molecule has 53 heavy (non-hydrogen) atoms. The molecule has 0 N–H and O–H groups in total. The zero-order valence-electron chi connectivity index (χ0n) is 28.9. The summed E-state index contributed by atoms with van der Waals surface area (Å²) in [5.74, 6) is 1.77. The van der Waals surface area contributed by atoms with Crippen molar-refractivity contribution < 1.29 is 4.74 Å². The monoisotopic (exact) mass is 694 g/mol. The highest BCUT2D eigenvalue weighted by Crippen LogP contribution is 2.56. The molecular formula is C51H34OS. The van der Waals surface area contributed by atoms with E-state index in [-0.39, 0.29) is 0 Å². The molecule has 1 aliphatic heterocycles. The fourth-order valence-corrected chi connectivity index (χ4v) is 9.40. The van der Waals surface area contributed by atoms with Gasteiger partial charge in [0.2, 0.25) is 0 Å². The van der Waals surface area contributed by atoms with Crippen LogP contribution in [0.5, 0.6) is 11.5 Å². The van der Waals surface area contributed by atoms with E-state index in [1.165, 1.54) is 59.5 Å². The van der Waals surface area contributed by atoms with Gasteiger partial charge in [0, 0.05) is 20.9 Å². The average Bonchev–Trinajstić information content (AvgIpc) is 3.74. The molecule has 0 bridgehead atoms. The van der Waals surface area contributed by atoms with Gasteiger partial charge >= 0.3 is 0 Å². The lowest BCUT2D eigenvalue weighted by Gasteiger charge is -2.41. The second-order valence-electron chi connectivity index (χ2n) is 13.6. The van der Waals surface area contributed by atoms with E-state index in [0.29, 0.717) is 0 Å². The van der Waals surface area contributed by atoms with E-state index in [1.807, 2.05) is 11.3 Å². The molecule has 1 nitrogen and oxygen atoms in total. The molecular weight excluding hydrogens is 661 g/mol. The predicted molar refractivity (Wildman–Crippen MR) is 222 cm³/mol. The smallest absolute Gasteiger partial charge is 0.132 e. The zero-order valence-corrected chi connectivity index (χ0v) is 29.8. The molecule has 2 heterocycles. The van der Waals surface area contributed by atoms with Crippen LogP contribution in [0, 0.1) is 0 Å². The second kappa shape index (κ2) is 12.9. The molecule has 1 aromatic heterocycles. The minimum Gasteiger partial charge on any atom is -0.457 e. The number of fused-ring (bicyclic) bond motifs is 3. The van der Waals surface area contributed by atoms with Crippen LogP contribution < -0.4 is 4.74 Å². The lowest BCUT2D eigenvalue weighted by Crippen LogP contribution is -2.34. The van der Waals surface area contributed by atoms with Crippen LogP contribution in [0.1, 0.15) is 22.3 Å². The average molecular weight is 695 g/mol. The fourth-order valence-electron chi connectivity index (χ4n) is 8.36. The third-order valence-corrected chi connectivity index (χ3v) is 11.8. The van der Waals surface area contributed by atoms with E-state index in [1.54, 1.807) is 0 Å². The summed E-state index contributed by atoms with van der Waals surface area (Å²) in [5.41, 5.74) is 11.5. The standard InChI is InChI=1S/C51H34OS/c1-4-16-35(17-5-1)40-26-14-18-36-19-15-27-43(50(36)40)41-24-10-11-25-42(41)49-33-32-48(53-49)37-30-31-45-47(34-37)52-46-29-13-12-28-44(46)51(45,38-20-6-2-7-21-38)39-22-8-3-9-23-39/h1-34H. The number of hydrogen-bond acceptors (Lipinski definition) is 2. The highest BCUT2D eigenvalue weighted by atomic mass is 32.1. The van der Waals surface area contributed by atoms with E-state index in [2.05, 4.69) is 206 Å². The van der Waals surface area contributed by atoms with Gasteiger partial charge in [0.15, 0.2) is 0 Å². The lowest BCUT2D eigenvalue weighted by molar-refractivity contribution is 0.435. The van der Waals surface area contributed by atoms with Crippen molar-refractivity contribution in [2.45, 2.75) is 5.41 Å². The summed E-state index contributed by atoms with van der Waals surface area (Å²) in [5, 5.41) is 2.51. The van der Waals surface area contributed by atoms with Crippen LogP contribution in [0.4, 0.5) is 0 Å². The van der Waals surface area contributed by atoms with Gasteiger partial charge in [-0.1, -0.05) is 182 Å². The predicted octanol–water partition coefficient (Wildman–Crippen LogP) is 14.1. The molecule has 8 aromatic carbocycles. The van der Waals surface area contributed by atoms with E-state index in [4.69, 9.17) is 4.74 Å². The number of rotatable bonds is 6. The Balaban J connectivity index is 1.10. The highest BCUT2D eigenvalue weighted by Gasteiger charge is 2.45. The van der Waals surface area contributed by atoms with Crippen molar-refractivity contribution in [1.29, 1.82) is 0 Å². The molecule has 0 fully saturated rings. The molecule has 250 valence electrons. The maximum atomic E-state index is 6.80. The summed E-state index contributed by atoms with van der Waals surface area (Å²) in [6.07, 6.45) is 0. The molecule has 0 amide bonds. The SMILES string of the molecule is c1ccc(-c2cccc3cccc(-c4ccccc4-c4ccc(-c5ccc6c(c5)Oc5ccccc5C6(c5ccccc5)c5ccccc5)s4)c23)cc1. The molecule has 0 aliphatic carbocycles. The normalized spacial score (nSPS) is 12.8. The minimum atomic E-state index is -0.526. The minimum absolute atomic E-state index is 0.526. The van der Waals surface area contributed by atoms with Crippen LogP contribution in [-0.2, 0) is 5.41 Å². The van der Waals surface area contributed by atoms with Gasteiger partial charge in [-0.05, 0) is 79.5 Å². The maximum Gasteiger partial charge on any atom is 0.132 e. The summed E-state index contributed by atoms with van der Waals surface area (Å²) in [6, 6.07) is 74.4. The van der Waals surface area contributed by atoms with Gasteiger partial charge in [-0.3, -0.25) is 0 Å². The Kier molecular flexibility index (Phi) is 7.63. The van der Waals surface area contributed by atoms with Gasteiger partial charge in [-0.2, -0.15) is 0 Å². The Hall–Kier alpha value is -6.48. The van der Waals surface area contributed by atoms with Crippen molar-refractivity contribution in [3.8, 4) is 54.6 Å². The van der Waals surface area contributed by atoms with Gasteiger partial charge in [0.05, 0.1) is 5.41 Å². The second-order valence-corrected chi connectivity index (χ2v) is 14.7. The van der Waals surface area contributed by atoms with Gasteiger partial charge in [-0.25, -0.2) is 0 Å². The summed E-state index contributed by atoms with van der Waals surface area (Å²) in [6.45, 7) is 0. The Morgan fingerprint density at radius 3 is 1.66 bits per heavy atom. The Morgan fingerprint density at radius 2 is 0.925 bits per heavy atom. The quantitative estimate of drug-likeness (QED) is 0.168. The first kappa shape index (κ1) is 31.3. The molecule has 10 rings (SSSR count). The molecule has 0 atom stereocenters. The van der Waals surface area contributed by atoms with E-state index in [9.17, 15) is 0 Å². The molecule has 0 spiro atoms. The van der Waals surface area contributed by atoms with Crippen molar-refractivity contribution in [3.63, 3.8) is 0 Å². The lowest BCUT2D eigenvalue weighted by atomic mass is 9.63. The molecule has 9 aromatic rings. The molecule has 0 saturated carbocycles. The van der Waals surface area contributed by atoms with Crippen molar-refractivity contribution in [2.75, 3.05) is 0 Å². The Bertz CT molecular complexity index is 2700. The van der Waals surface area contributed by atoms with Crippen LogP contribution in [0.15, 0.2) is 206 Å². The Morgan fingerprint density at radius 1 is 0.358 bits per heavy atom. The largest absolute Gasteiger partial charge is 0.457 e. The van der Waals surface area contributed by atoms with Crippen molar-refractivity contribution >= 4 is 22.1 Å². The van der Waals surface area contributed by atoms with Crippen LogP contribution in [0.2, 0.25) is 0 Å². The van der Waals surface area contributed by atoms with Gasteiger partial charge in [0.25, 0.3) is 0 Å². The van der Waals surface area contributed by atoms with Crippen LogP contribution in [0.25, 0.3) is 53.9 Å². The van der Waals surface area contributed by atoms with Crippen LogP contribution in [-0.4, -0.2) is 0 Å². The topological polar surface area (TPSA) is 9.23 Å². The van der Waals surface area contributed by atoms with Crippen molar-refractivity contribution in [1.82, 2.24) is 0 Å². The van der Waals surface area contributed by atoms with Gasteiger partial charge in [-0.15, -0.1) is 11.3 Å². The van der Waals surface area contributed by atoms with E-state index >= 15 is 0 Å². The summed E-state index contributed by atoms with van der Waals surface area (Å²) in [4.78, 5) is 2.43. The number of ether oxygens (including phenoxy) is 1. The maximum absolute atomic E-state index is 6.80. The third-order valence-electron chi connectivity index (χ3n) is 10.7. The summed E-state index contributed by atoms with van der Waals surface area (Å²) < 4.78 is 6.80.